The van der Waals surface area contributed by atoms with Gasteiger partial charge < -0.3 is 15.2 Å². The highest BCUT2D eigenvalue weighted by Crippen LogP contribution is 2.30. The van der Waals surface area contributed by atoms with Crippen molar-refractivity contribution in [3.63, 3.8) is 0 Å². The van der Waals surface area contributed by atoms with Crippen molar-refractivity contribution in [1.29, 1.82) is 0 Å². The first-order chi connectivity index (χ1) is 8.94. The maximum absolute atomic E-state index is 12.2. The molecule has 0 radical (unpaired) electrons. The zero-order valence-electron chi connectivity index (χ0n) is 10.7. The third-order valence-corrected chi connectivity index (χ3v) is 2.47. The van der Waals surface area contributed by atoms with Gasteiger partial charge >= 0.3 is 6.36 Å². The van der Waals surface area contributed by atoms with Gasteiger partial charge in [-0.2, -0.15) is 0 Å². The molecule has 0 spiro atoms. The van der Waals surface area contributed by atoms with Crippen LogP contribution in [-0.4, -0.2) is 19.6 Å². The predicted octanol–water partition coefficient (Wildman–Crippen LogP) is 3.40. The van der Waals surface area contributed by atoms with Crippen molar-refractivity contribution in [3.05, 3.63) is 29.8 Å². The maximum atomic E-state index is 12.2. The molecule has 2 N–H and O–H groups in total. The Hall–Kier alpha value is -1.27. The van der Waals surface area contributed by atoms with E-state index in [-0.39, 0.29) is 5.75 Å². The van der Waals surface area contributed by atoms with Crippen molar-refractivity contribution in [2.75, 3.05) is 13.2 Å². The fourth-order valence-corrected chi connectivity index (χ4v) is 1.62. The SMILES string of the molecule is CCCOCCC(N)c1ccccc1OC(F)(F)F. The number of alkyl halides is 3. The lowest BCUT2D eigenvalue weighted by Crippen LogP contribution is -2.21. The molecule has 0 bridgehead atoms. The fourth-order valence-electron chi connectivity index (χ4n) is 1.62. The first-order valence-electron chi connectivity index (χ1n) is 6.12. The van der Waals surface area contributed by atoms with Crippen LogP contribution < -0.4 is 10.5 Å². The largest absolute Gasteiger partial charge is 0.573 e. The van der Waals surface area contributed by atoms with Gasteiger partial charge in [0.15, 0.2) is 0 Å². The summed E-state index contributed by atoms with van der Waals surface area (Å²) in [6.45, 7) is 3.01. The summed E-state index contributed by atoms with van der Waals surface area (Å²) in [5, 5.41) is 0. The second kappa shape index (κ2) is 7.35. The van der Waals surface area contributed by atoms with E-state index in [9.17, 15) is 13.2 Å². The van der Waals surface area contributed by atoms with E-state index in [0.717, 1.165) is 6.42 Å². The molecule has 1 rings (SSSR count). The summed E-state index contributed by atoms with van der Waals surface area (Å²) >= 11 is 0. The molecule has 0 aromatic heterocycles. The maximum Gasteiger partial charge on any atom is 0.573 e. The lowest BCUT2D eigenvalue weighted by atomic mass is 10.0. The van der Waals surface area contributed by atoms with Gasteiger partial charge in [-0.05, 0) is 18.9 Å². The van der Waals surface area contributed by atoms with Crippen LogP contribution in [0.15, 0.2) is 24.3 Å². The molecule has 108 valence electrons. The van der Waals surface area contributed by atoms with Crippen LogP contribution in [0.1, 0.15) is 31.4 Å². The quantitative estimate of drug-likeness (QED) is 0.777. The molecule has 0 saturated carbocycles. The van der Waals surface area contributed by atoms with Gasteiger partial charge in [-0.25, -0.2) is 0 Å². The van der Waals surface area contributed by atoms with Crippen LogP contribution in [0.5, 0.6) is 5.75 Å². The molecule has 6 heteroatoms. The van der Waals surface area contributed by atoms with Crippen LogP contribution in [0.3, 0.4) is 0 Å². The average Bonchev–Trinajstić information content (AvgIpc) is 2.33. The lowest BCUT2D eigenvalue weighted by molar-refractivity contribution is -0.275. The third kappa shape index (κ3) is 5.94. The van der Waals surface area contributed by atoms with Gasteiger partial charge in [-0.1, -0.05) is 25.1 Å². The Kier molecular flexibility index (Phi) is 6.11. The van der Waals surface area contributed by atoms with Crippen LogP contribution in [0.4, 0.5) is 13.2 Å². The number of benzene rings is 1. The molecule has 1 aromatic carbocycles. The minimum atomic E-state index is -4.71. The Morgan fingerprint density at radius 2 is 1.89 bits per heavy atom. The van der Waals surface area contributed by atoms with Crippen LogP contribution in [0.25, 0.3) is 0 Å². The van der Waals surface area contributed by atoms with E-state index in [1.54, 1.807) is 6.07 Å². The van der Waals surface area contributed by atoms with Gasteiger partial charge in [0.2, 0.25) is 0 Å². The predicted molar refractivity (Wildman–Crippen MR) is 65.8 cm³/mol. The smallest absolute Gasteiger partial charge is 0.405 e. The number of rotatable bonds is 7. The number of ether oxygens (including phenoxy) is 2. The van der Waals surface area contributed by atoms with Gasteiger partial charge in [-0.15, -0.1) is 13.2 Å². The summed E-state index contributed by atoms with van der Waals surface area (Å²) in [6.07, 6.45) is -3.38. The Morgan fingerprint density at radius 3 is 2.53 bits per heavy atom. The molecule has 1 unspecified atom stereocenters. The van der Waals surface area contributed by atoms with Gasteiger partial charge in [0, 0.05) is 24.8 Å². The van der Waals surface area contributed by atoms with E-state index >= 15 is 0 Å². The van der Waals surface area contributed by atoms with Gasteiger partial charge in [0.1, 0.15) is 5.75 Å². The summed E-state index contributed by atoms with van der Waals surface area (Å²) in [4.78, 5) is 0. The first-order valence-corrected chi connectivity index (χ1v) is 6.12. The van der Waals surface area contributed by atoms with Crippen LogP contribution in [0, 0.1) is 0 Å². The topological polar surface area (TPSA) is 44.5 Å². The fraction of sp³-hybridized carbons (Fsp3) is 0.538. The van der Waals surface area contributed by atoms with Gasteiger partial charge in [0.25, 0.3) is 0 Å². The summed E-state index contributed by atoms with van der Waals surface area (Å²) in [5.41, 5.74) is 6.20. The molecule has 19 heavy (non-hydrogen) atoms. The monoisotopic (exact) mass is 277 g/mol. The minimum Gasteiger partial charge on any atom is -0.405 e. The van der Waals surface area contributed by atoms with Gasteiger partial charge in [0.05, 0.1) is 0 Å². The molecule has 1 aromatic rings. The third-order valence-electron chi connectivity index (χ3n) is 2.47. The minimum absolute atomic E-state index is 0.252. The second-order valence-corrected chi connectivity index (χ2v) is 4.09. The Labute approximate surface area is 110 Å². The molecule has 0 fully saturated rings. The zero-order valence-corrected chi connectivity index (χ0v) is 10.7. The van der Waals surface area contributed by atoms with Crippen molar-refractivity contribution in [3.8, 4) is 5.75 Å². The lowest BCUT2D eigenvalue weighted by Gasteiger charge is -2.17. The second-order valence-electron chi connectivity index (χ2n) is 4.09. The highest BCUT2D eigenvalue weighted by molar-refractivity contribution is 5.35. The highest BCUT2D eigenvalue weighted by Gasteiger charge is 2.32. The molecule has 1 atom stereocenters. The molecule has 0 aliphatic heterocycles. The number of para-hydroxylation sites is 1. The summed E-state index contributed by atoms with van der Waals surface area (Å²) in [6, 6.07) is 5.35. The Balaban J connectivity index is 2.65. The Morgan fingerprint density at radius 1 is 1.21 bits per heavy atom. The van der Waals surface area contributed by atoms with Crippen LogP contribution in [0.2, 0.25) is 0 Å². The molecule has 0 aliphatic carbocycles. The molecule has 0 heterocycles. The summed E-state index contributed by atoms with van der Waals surface area (Å²) in [7, 11) is 0. The van der Waals surface area contributed by atoms with E-state index in [1.165, 1.54) is 18.2 Å². The zero-order chi connectivity index (χ0) is 14.3. The van der Waals surface area contributed by atoms with E-state index in [4.69, 9.17) is 10.5 Å². The van der Waals surface area contributed by atoms with E-state index in [1.807, 2.05) is 6.92 Å². The Bertz CT molecular complexity index is 382. The molecule has 0 aliphatic rings. The van der Waals surface area contributed by atoms with Crippen molar-refractivity contribution in [2.45, 2.75) is 32.2 Å². The van der Waals surface area contributed by atoms with E-state index in [0.29, 0.717) is 25.2 Å². The van der Waals surface area contributed by atoms with E-state index in [2.05, 4.69) is 4.74 Å². The molecular formula is C13H18F3NO2. The van der Waals surface area contributed by atoms with Crippen LogP contribution >= 0.6 is 0 Å². The molecule has 3 nitrogen and oxygen atoms in total. The number of hydrogen-bond donors (Lipinski definition) is 1. The molecule has 0 amide bonds. The number of halogens is 3. The van der Waals surface area contributed by atoms with Crippen molar-refractivity contribution in [2.24, 2.45) is 5.73 Å². The molecular weight excluding hydrogens is 259 g/mol. The summed E-state index contributed by atoms with van der Waals surface area (Å²) < 4.78 is 46.0. The van der Waals surface area contributed by atoms with Crippen molar-refractivity contribution in [1.82, 2.24) is 0 Å². The molecule has 0 saturated heterocycles. The first kappa shape index (κ1) is 15.8. The summed E-state index contributed by atoms with van der Waals surface area (Å²) in [5.74, 6) is -0.252. The van der Waals surface area contributed by atoms with Gasteiger partial charge in [-0.3, -0.25) is 0 Å². The van der Waals surface area contributed by atoms with Crippen molar-refractivity contribution < 1.29 is 22.6 Å². The van der Waals surface area contributed by atoms with Crippen molar-refractivity contribution >= 4 is 0 Å². The highest BCUT2D eigenvalue weighted by atomic mass is 19.4. The van der Waals surface area contributed by atoms with Crippen LogP contribution in [-0.2, 0) is 4.74 Å². The normalized spacial score (nSPS) is 13.3. The van der Waals surface area contributed by atoms with E-state index < -0.39 is 12.4 Å². The average molecular weight is 277 g/mol. The number of nitrogens with two attached hydrogens (primary N) is 1. The standard InChI is InChI=1S/C13H18F3NO2/c1-2-8-18-9-7-11(17)10-5-3-4-6-12(10)19-13(14,15)16/h3-6,11H,2,7-9,17H2,1H3. The number of hydrogen-bond acceptors (Lipinski definition) is 3.